The van der Waals surface area contributed by atoms with Gasteiger partial charge in [0.1, 0.15) is 4.75 Å². The smallest absolute Gasteiger partial charge is 0.480 e. The molecule has 2 N–H and O–H groups in total. The minimum Gasteiger partial charge on any atom is -0.480 e. The zero-order valence-corrected chi connectivity index (χ0v) is 23.0. The Balaban J connectivity index is 0.000000638. The first-order valence-electron chi connectivity index (χ1n) is 12.0. The van der Waals surface area contributed by atoms with E-state index in [4.69, 9.17) is 14.3 Å². The van der Waals surface area contributed by atoms with E-state index < -0.39 is 22.9 Å². The summed E-state index contributed by atoms with van der Waals surface area (Å²) in [6.07, 6.45) is 3.37. The summed E-state index contributed by atoms with van der Waals surface area (Å²) in [6.45, 7) is 7.21. The van der Waals surface area contributed by atoms with Crippen molar-refractivity contribution in [2.24, 2.45) is 0 Å². The first kappa shape index (κ1) is 31.3. The Morgan fingerprint density at radius 3 is 2.37 bits per heavy atom. The molecule has 210 valence electrons. The van der Waals surface area contributed by atoms with Crippen LogP contribution in [0, 0.1) is 0 Å². The van der Waals surface area contributed by atoms with Gasteiger partial charge in [-0.25, -0.2) is 14.8 Å². The molecule has 0 aliphatic carbocycles. The fourth-order valence-corrected chi connectivity index (χ4v) is 5.29. The molecule has 0 saturated heterocycles. The monoisotopic (exact) mass is 576 g/mol. The quantitative estimate of drug-likeness (QED) is 0.177. The van der Waals surface area contributed by atoms with Crippen LogP contribution in [0.3, 0.4) is 0 Å². The van der Waals surface area contributed by atoms with E-state index in [0.29, 0.717) is 17.2 Å². The van der Waals surface area contributed by atoms with Gasteiger partial charge in [-0.05, 0) is 32.4 Å². The number of hydrogen-bond donors (Lipinski definition) is 2. The second kappa shape index (κ2) is 14.3. The molecule has 0 aliphatic rings. The Hall–Kier alpha value is -2.87. The number of pyridine rings is 1. The molecular formula is C24H31F3N4O5S2. The van der Waals surface area contributed by atoms with Crippen LogP contribution in [0.15, 0.2) is 32.5 Å². The lowest BCUT2D eigenvalue weighted by atomic mass is 10.1. The zero-order valence-electron chi connectivity index (χ0n) is 21.3. The molecule has 9 nitrogen and oxygen atoms in total. The second-order valence-corrected chi connectivity index (χ2v) is 11.5. The number of carboxylic acids is 2. The van der Waals surface area contributed by atoms with E-state index in [-0.39, 0.29) is 0 Å². The van der Waals surface area contributed by atoms with Crippen molar-refractivity contribution in [2.75, 3.05) is 18.0 Å². The lowest BCUT2D eigenvalue weighted by Crippen LogP contribution is -2.27. The lowest BCUT2D eigenvalue weighted by molar-refractivity contribution is -0.192. The van der Waals surface area contributed by atoms with Gasteiger partial charge in [0.05, 0.1) is 5.69 Å². The van der Waals surface area contributed by atoms with Crippen LogP contribution >= 0.6 is 23.1 Å². The molecule has 0 aromatic carbocycles. The number of anilines is 1. The maximum Gasteiger partial charge on any atom is 0.490 e. The van der Waals surface area contributed by atoms with Crippen molar-refractivity contribution in [3.8, 4) is 0 Å². The number of carboxylic acid groups (broad SMARTS) is 2. The van der Waals surface area contributed by atoms with Crippen molar-refractivity contribution in [3.05, 3.63) is 29.4 Å². The normalized spacial score (nSPS) is 11.7. The van der Waals surface area contributed by atoms with E-state index in [2.05, 4.69) is 26.8 Å². The molecule has 0 atom stereocenters. The zero-order chi connectivity index (χ0) is 28.3. The predicted octanol–water partition coefficient (Wildman–Crippen LogP) is 6.29. The third-order valence-electron chi connectivity index (χ3n) is 5.22. The molecule has 0 unspecified atom stereocenters. The largest absolute Gasteiger partial charge is 0.490 e. The summed E-state index contributed by atoms with van der Waals surface area (Å²) in [5.41, 5.74) is 2.27. The number of rotatable bonds is 13. The number of halogens is 3. The summed E-state index contributed by atoms with van der Waals surface area (Å²) < 4.78 is 37.6. The first-order valence-corrected chi connectivity index (χ1v) is 13.7. The van der Waals surface area contributed by atoms with Gasteiger partial charge in [0, 0.05) is 31.1 Å². The Labute approximate surface area is 226 Å². The van der Waals surface area contributed by atoms with E-state index >= 15 is 0 Å². The number of hydrogen-bond acceptors (Lipinski definition) is 9. The molecule has 38 heavy (non-hydrogen) atoms. The standard InChI is InChI=1S/C22H30N4O3S2.C2HF3O2/c1-4-5-6-7-8-13-26(20-25-18-17(29-20)10-9-12-23-18)14-11-16-15-30-21(24-16)31-22(2,3)19(27)28;3-2(4,5)1(6)7/h9-10,12,15H,4-8,11,13-14H2,1-3H3,(H,27,28);(H,6,7). The molecule has 14 heteroatoms. The predicted molar refractivity (Wildman–Crippen MR) is 140 cm³/mol. The number of thiazole rings is 1. The van der Waals surface area contributed by atoms with Gasteiger partial charge in [0.2, 0.25) is 5.65 Å². The number of oxazole rings is 1. The summed E-state index contributed by atoms with van der Waals surface area (Å²) in [6, 6.07) is 4.33. The van der Waals surface area contributed by atoms with Crippen molar-refractivity contribution >= 4 is 52.3 Å². The molecular weight excluding hydrogens is 545 g/mol. The van der Waals surface area contributed by atoms with Crippen LogP contribution in [0.1, 0.15) is 58.6 Å². The highest BCUT2D eigenvalue weighted by molar-refractivity contribution is 8.03. The summed E-state index contributed by atoms with van der Waals surface area (Å²) in [5.74, 6) is -3.60. The van der Waals surface area contributed by atoms with E-state index in [9.17, 15) is 23.1 Å². The molecule has 3 aromatic heterocycles. The Morgan fingerprint density at radius 1 is 1.08 bits per heavy atom. The van der Waals surface area contributed by atoms with Gasteiger partial charge in [0.25, 0.3) is 6.01 Å². The number of aliphatic carboxylic acids is 2. The minimum atomic E-state index is -5.08. The first-order chi connectivity index (χ1) is 17.8. The molecule has 0 fully saturated rings. The fraction of sp³-hybridized carbons (Fsp3) is 0.542. The molecule has 3 aromatic rings. The van der Waals surface area contributed by atoms with Crippen molar-refractivity contribution in [2.45, 2.75) is 74.6 Å². The summed E-state index contributed by atoms with van der Waals surface area (Å²) in [7, 11) is 0. The Morgan fingerprint density at radius 2 is 1.76 bits per heavy atom. The number of fused-ring (bicyclic) bond motifs is 1. The van der Waals surface area contributed by atoms with Gasteiger partial charge in [-0.15, -0.1) is 11.3 Å². The summed E-state index contributed by atoms with van der Waals surface area (Å²) in [5, 5.41) is 18.5. The highest BCUT2D eigenvalue weighted by Gasteiger charge is 2.38. The van der Waals surface area contributed by atoms with Crippen LogP contribution < -0.4 is 4.90 Å². The number of nitrogens with zero attached hydrogens (tertiary/aromatic N) is 4. The molecule has 0 saturated carbocycles. The SMILES string of the molecule is CCCCCCCN(CCc1csc(SC(C)(C)C(=O)O)n1)c1nc2ncccc2o1.O=C(O)C(F)(F)F. The second-order valence-electron chi connectivity index (χ2n) is 8.80. The number of carbonyl (C=O) groups is 2. The third-order valence-corrected chi connectivity index (χ3v) is 7.40. The van der Waals surface area contributed by atoms with Gasteiger partial charge in [-0.3, -0.25) is 4.79 Å². The number of alkyl halides is 3. The van der Waals surface area contributed by atoms with Gasteiger partial charge < -0.3 is 19.5 Å². The molecule has 0 spiro atoms. The molecule has 3 heterocycles. The van der Waals surface area contributed by atoms with Crippen molar-refractivity contribution in [3.63, 3.8) is 0 Å². The summed E-state index contributed by atoms with van der Waals surface area (Å²) in [4.78, 5) is 35.9. The topological polar surface area (TPSA) is 130 Å². The summed E-state index contributed by atoms with van der Waals surface area (Å²) >= 11 is 2.78. The van der Waals surface area contributed by atoms with E-state index in [0.717, 1.165) is 36.0 Å². The molecule has 0 bridgehead atoms. The van der Waals surface area contributed by atoms with Crippen LogP contribution in [0.4, 0.5) is 19.2 Å². The lowest BCUT2D eigenvalue weighted by Gasteiger charge is -2.20. The Bertz CT molecular complexity index is 1150. The highest BCUT2D eigenvalue weighted by Crippen LogP contribution is 2.34. The molecule has 0 aliphatic heterocycles. The van der Waals surface area contributed by atoms with E-state index in [1.165, 1.54) is 48.8 Å². The van der Waals surface area contributed by atoms with Crippen LogP contribution in [-0.2, 0) is 16.0 Å². The van der Waals surface area contributed by atoms with Crippen molar-refractivity contribution in [1.82, 2.24) is 15.0 Å². The van der Waals surface area contributed by atoms with Crippen LogP contribution in [0.5, 0.6) is 0 Å². The number of thioether (sulfide) groups is 1. The van der Waals surface area contributed by atoms with E-state index in [1.54, 1.807) is 20.0 Å². The maximum atomic E-state index is 11.4. The minimum absolute atomic E-state index is 0.598. The number of unbranched alkanes of at least 4 members (excludes halogenated alkanes) is 4. The van der Waals surface area contributed by atoms with Gasteiger partial charge in [0.15, 0.2) is 9.92 Å². The van der Waals surface area contributed by atoms with Crippen LogP contribution in [0.2, 0.25) is 0 Å². The average Bonchev–Trinajstić information content (AvgIpc) is 3.47. The Kier molecular flexibility index (Phi) is 11.8. The van der Waals surface area contributed by atoms with Gasteiger partial charge >= 0.3 is 18.1 Å². The molecule has 0 radical (unpaired) electrons. The van der Waals surface area contributed by atoms with Gasteiger partial charge in [-0.1, -0.05) is 44.4 Å². The maximum absolute atomic E-state index is 11.4. The van der Waals surface area contributed by atoms with E-state index in [1.807, 2.05) is 17.5 Å². The van der Waals surface area contributed by atoms with Crippen LogP contribution in [0.25, 0.3) is 11.2 Å². The van der Waals surface area contributed by atoms with Gasteiger partial charge in [-0.2, -0.15) is 18.2 Å². The highest BCUT2D eigenvalue weighted by atomic mass is 32.2. The van der Waals surface area contributed by atoms with Crippen LogP contribution in [-0.4, -0.2) is 61.1 Å². The average molecular weight is 577 g/mol. The molecule has 0 amide bonds. The fourth-order valence-electron chi connectivity index (χ4n) is 3.06. The molecule has 3 rings (SSSR count). The number of aromatic nitrogens is 3. The third kappa shape index (κ3) is 10.1. The van der Waals surface area contributed by atoms with Crippen molar-refractivity contribution < 1.29 is 37.4 Å². The van der Waals surface area contributed by atoms with Crippen molar-refractivity contribution in [1.29, 1.82) is 0 Å².